The Morgan fingerprint density at radius 1 is 0.237 bits per heavy atom. The van der Waals surface area contributed by atoms with E-state index in [1.807, 2.05) is 0 Å². The molecule has 12 rings (SSSR count). The summed E-state index contributed by atoms with van der Waals surface area (Å²) in [6.45, 7) is 4.16. The van der Waals surface area contributed by atoms with E-state index in [4.69, 9.17) is 11.2 Å². The smallest absolute Gasteiger partial charge is 0.328 e. The molecular formula is C78H83ClF27Fe3Li2P3. The van der Waals surface area contributed by atoms with Gasteiger partial charge in [0.2, 0.25) is 0 Å². The molecule has 0 radical (unpaired) electrons. The van der Waals surface area contributed by atoms with Crippen LogP contribution < -0.4 is 69.5 Å². The summed E-state index contributed by atoms with van der Waals surface area (Å²) in [7, 11) is -6.12. The summed E-state index contributed by atoms with van der Waals surface area (Å²) in [5.41, 5.74) is -11.9. The number of benzene rings is 6. The van der Waals surface area contributed by atoms with Crippen molar-refractivity contribution in [1.82, 2.24) is 0 Å². The molecule has 632 valence electrons. The van der Waals surface area contributed by atoms with Crippen molar-refractivity contribution < 1.29 is 207 Å². The fourth-order valence-electron chi connectivity index (χ4n) is 13.2. The zero-order valence-corrected chi connectivity index (χ0v) is 69.3. The van der Waals surface area contributed by atoms with Gasteiger partial charge in [0.1, 0.15) is 0 Å². The molecular weight excluding hydrogens is 1760 g/mol. The summed E-state index contributed by atoms with van der Waals surface area (Å²) in [6, 6.07) is 12.6. The molecule has 3 atom stereocenters. The first-order valence-corrected chi connectivity index (χ1v) is 40.6. The van der Waals surface area contributed by atoms with E-state index in [1.165, 1.54) is 155 Å². The normalized spacial score (nSPS) is 17.0. The fourth-order valence-corrected chi connectivity index (χ4v) is 21.6. The molecule has 0 saturated heterocycles. The molecule has 6 fully saturated rings. The second kappa shape index (κ2) is 48.0. The molecule has 114 heavy (non-hydrogen) atoms. The van der Waals surface area contributed by atoms with E-state index >= 15 is 0 Å². The number of alkyl halides is 27. The summed E-state index contributed by atoms with van der Waals surface area (Å²) in [5.74, 6) is 0. The van der Waals surface area contributed by atoms with E-state index < -0.39 is 134 Å². The number of halogens is 28. The van der Waals surface area contributed by atoms with Crippen LogP contribution in [0.25, 0.3) is 0 Å². The quantitative estimate of drug-likeness (QED) is 0.0617. The molecule has 6 aromatic rings. The van der Waals surface area contributed by atoms with Crippen molar-refractivity contribution in [1.29, 1.82) is 0 Å². The number of hydrogen-bond donors (Lipinski definition) is 0. The summed E-state index contributed by atoms with van der Waals surface area (Å²) in [6.07, 6.45) is -8.24. The van der Waals surface area contributed by atoms with Crippen LogP contribution in [0.4, 0.5) is 119 Å². The molecule has 0 aliphatic heterocycles. The van der Waals surface area contributed by atoms with Gasteiger partial charge in [-0.05, 0) is 213 Å². The predicted molar refractivity (Wildman–Crippen MR) is 379 cm³/mol. The van der Waals surface area contributed by atoms with Crippen molar-refractivity contribution in [3.63, 3.8) is 0 Å². The average molecular weight is 1840 g/mol. The molecule has 3 unspecified atom stereocenters. The Hall–Kier alpha value is -2.24. The van der Waals surface area contributed by atoms with E-state index in [1.54, 1.807) is 0 Å². The summed E-state index contributed by atoms with van der Waals surface area (Å²) >= 11 is 6.03. The Morgan fingerprint density at radius 3 is 0.570 bits per heavy atom. The van der Waals surface area contributed by atoms with Crippen LogP contribution >= 0.6 is 34.4 Å². The average Bonchev–Trinajstić information content (AvgIpc) is 1.16. The largest absolute Gasteiger partial charge is 1.00 e. The molecule has 0 heterocycles. The van der Waals surface area contributed by atoms with E-state index in [0.29, 0.717) is 68.1 Å². The zero-order chi connectivity index (χ0) is 81.3. The summed E-state index contributed by atoms with van der Waals surface area (Å²) < 4.78 is 357. The number of aryl methyl sites for hydroxylation is 3. The second-order valence-corrected chi connectivity index (χ2v) is 35.2. The molecule has 6 aliphatic rings. The Labute approximate surface area is 711 Å². The molecule has 6 saturated carbocycles. The third-order valence-corrected chi connectivity index (χ3v) is 26.8. The zero-order valence-electron chi connectivity index (χ0n) is 62.6. The monoisotopic (exact) mass is 1840 g/mol. The third kappa shape index (κ3) is 36.1. The van der Waals surface area contributed by atoms with E-state index in [0.717, 1.165) is 56.0 Å². The number of rotatable bonds is 8. The fraction of sp³-hybridized carbons (Fsp3) is 0.513. The van der Waals surface area contributed by atoms with Crippen LogP contribution in [0.3, 0.4) is 0 Å². The molecule has 0 bridgehead atoms. The molecule has 0 nitrogen and oxygen atoms in total. The van der Waals surface area contributed by atoms with Gasteiger partial charge in [0.05, 0.1) is 57.3 Å². The van der Waals surface area contributed by atoms with Gasteiger partial charge in [-0.25, -0.2) is 0 Å². The van der Waals surface area contributed by atoms with E-state index in [-0.39, 0.29) is 162 Å². The minimum Gasteiger partial charge on any atom is -0.328 e. The van der Waals surface area contributed by atoms with Gasteiger partial charge in [-0.15, -0.1) is 0 Å². The molecule has 0 aromatic heterocycles. The van der Waals surface area contributed by atoms with Crippen molar-refractivity contribution >= 4 is 66.2 Å². The van der Waals surface area contributed by atoms with Crippen LogP contribution in [0, 0.1) is 33.6 Å². The van der Waals surface area contributed by atoms with Crippen LogP contribution in [0.1, 0.15) is 234 Å². The second-order valence-electron chi connectivity index (χ2n) is 27.5. The minimum atomic E-state index is -5.08. The van der Waals surface area contributed by atoms with Gasteiger partial charge in [0.25, 0.3) is 0 Å². The standard InChI is InChI=1S/2C21H18F9P.C16H9ClF9P.2C5H10.2C5H9.3Fe.2Li/c2*1-12-6-13(19(22,23)24)9-17(7-12)31(16-4-2-3-5-16)18-10-14(20(25,26)27)8-15(11-18)21(28,29)30;1-8-2-9(14(18,19)20)5-12(3-8)27(17)13-6-10(15(21,22)23)4-11(7-13)16(24,25)26;4*1-2-4-5-3-1;;;;;/h2*6-11,16H,2-5H2,1H3;2-7H,1H3;2*1-5H2;2*1H,2-5H2;;;;;/q;;;;;2*-1;;;;2*+1. The van der Waals surface area contributed by atoms with Gasteiger partial charge in [0, 0.05) is 51.2 Å². The Kier molecular flexibility index (Phi) is 46.2. The van der Waals surface area contributed by atoms with Crippen LogP contribution in [0.2, 0.25) is 0 Å². The maximum atomic E-state index is 13.4. The number of hydrogen-bond acceptors (Lipinski definition) is 0. The van der Waals surface area contributed by atoms with Crippen molar-refractivity contribution in [2.45, 2.75) is 255 Å². The summed E-state index contributed by atoms with van der Waals surface area (Å²) in [4.78, 5) is 0. The predicted octanol–water partition coefficient (Wildman–Crippen LogP) is 22.9. The van der Waals surface area contributed by atoms with E-state index in [9.17, 15) is 119 Å². The Balaban J connectivity index is 0.000000741. The maximum absolute atomic E-state index is 13.4. The molecule has 0 spiro atoms. The van der Waals surface area contributed by atoms with Gasteiger partial charge in [-0.1, -0.05) is 145 Å². The Morgan fingerprint density at radius 2 is 0.395 bits per heavy atom. The third-order valence-electron chi connectivity index (χ3n) is 18.5. The van der Waals surface area contributed by atoms with Crippen molar-refractivity contribution in [2.24, 2.45) is 0 Å². The first-order chi connectivity index (χ1) is 50.4. The van der Waals surface area contributed by atoms with Crippen molar-refractivity contribution in [3.05, 3.63) is 189 Å². The van der Waals surface area contributed by atoms with Gasteiger partial charge in [-0.2, -0.15) is 144 Å². The molecule has 6 aliphatic carbocycles. The van der Waals surface area contributed by atoms with Crippen LogP contribution in [-0.4, -0.2) is 11.3 Å². The van der Waals surface area contributed by atoms with Crippen molar-refractivity contribution in [3.8, 4) is 0 Å². The molecule has 0 amide bonds. The van der Waals surface area contributed by atoms with Gasteiger partial charge in [0.15, 0.2) is 0 Å². The van der Waals surface area contributed by atoms with Crippen molar-refractivity contribution in [2.75, 3.05) is 0 Å². The van der Waals surface area contributed by atoms with E-state index in [2.05, 4.69) is 12.8 Å². The van der Waals surface area contributed by atoms with Gasteiger partial charge < -0.3 is 12.8 Å². The maximum Gasteiger partial charge on any atom is 1.00 e. The SMILES string of the molecule is C1CCCC1.C1CCCC1.Cc1cc(P(Cl)c2cc(C(F)(F)F)cc(C(F)(F)F)c2)cc(C(F)(F)F)c1.Cc1cc(P(c2cc(C(F)(F)F)cc(C(F)(F)F)c2)C2CCCC2)cc(C(F)(F)F)c1.Cc1cc(P(c2cc(C(F)(F)F)cc(C(F)(F)F)c2)C2CCCC2)cc(C(F)(F)F)c1.[CH-]1CCCC1.[CH-]1CCCC1.[Fe].[Fe].[Fe].[Li+].[Li+]. The van der Waals surface area contributed by atoms with Gasteiger partial charge in [-0.3, -0.25) is 0 Å². The molecule has 0 N–H and O–H groups in total. The summed E-state index contributed by atoms with van der Waals surface area (Å²) in [5, 5.41) is -0.882. The first-order valence-electron chi connectivity index (χ1n) is 35.5. The first kappa shape index (κ1) is 110. The minimum absolute atomic E-state index is 0. The molecule has 36 heteroatoms. The topological polar surface area (TPSA) is 0 Å². The van der Waals surface area contributed by atoms with Crippen LogP contribution in [-0.2, 0) is 107 Å². The van der Waals surface area contributed by atoms with Crippen LogP contribution in [0.5, 0.6) is 0 Å². The van der Waals surface area contributed by atoms with Gasteiger partial charge >= 0.3 is 93.3 Å². The Bertz CT molecular complexity index is 3500. The molecule has 6 aromatic carbocycles. The van der Waals surface area contributed by atoms with Crippen LogP contribution in [0.15, 0.2) is 109 Å².